The number of hydrogen-bond acceptors (Lipinski definition) is 3. The van der Waals surface area contributed by atoms with Gasteiger partial charge in [-0.2, -0.15) is 0 Å². The molecule has 0 radical (unpaired) electrons. The first kappa shape index (κ1) is 24.7. The maximum Gasteiger partial charge on any atom is 0.255 e. The second-order valence-electron chi connectivity index (χ2n) is 10.2. The number of carbonyl (C=O) groups is 2. The van der Waals surface area contributed by atoms with Crippen LogP contribution in [0.25, 0.3) is 10.8 Å². The molecule has 0 unspecified atom stereocenters. The van der Waals surface area contributed by atoms with Crippen molar-refractivity contribution in [1.29, 1.82) is 0 Å². The second-order valence-corrected chi connectivity index (χ2v) is 10.2. The molecule has 2 atom stereocenters. The van der Waals surface area contributed by atoms with Crippen molar-refractivity contribution in [2.24, 2.45) is 5.92 Å². The van der Waals surface area contributed by atoms with E-state index in [2.05, 4.69) is 47.8 Å². The number of carbonyl (C=O) groups excluding carboxylic acids is 2. The van der Waals surface area contributed by atoms with Gasteiger partial charge in [-0.05, 0) is 104 Å². The minimum absolute atomic E-state index is 0.0285. The lowest BCUT2D eigenvalue weighted by molar-refractivity contribution is -0.117. The number of aryl methyl sites for hydroxylation is 1. The number of rotatable bonds is 9. The zero-order valence-electron chi connectivity index (χ0n) is 21.4. The van der Waals surface area contributed by atoms with Crippen LogP contribution in [0.3, 0.4) is 0 Å². The molecule has 5 rings (SSSR count). The van der Waals surface area contributed by atoms with Crippen LogP contribution in [-0.2, 0) is 11.2 Å². The lowest BCUT2D eigenvalue weighted by Gasteiger charge is -2.10. The Morgan fingerprint density at radius 1 is 0.811 bits per heavy atom. The molecule has 2 amide bonds. The number of fused-ring (bicyclic) bond motifs is 1. The van der Waals surface area contributed by atoms with Gasteiger partial charge in [0, 0.05) is 22.9 Å². The van der Waals surface area contributed by atoms with Gasteiger partial charge in [0.25, 0.3) is 5.91 Å². The number of hydrogen-bond donors (Lipinski definition) is 2. The SMILES string of the molecule is CN(C)CCCc1ccc(NC(=O)c2cccc([C@@H]3C[C@H]3C(=O)Nc3ccc4ccccc4c3)c2)cc1. The molecule has 188 valence electrons. The van der Waals surface area contributed by atoms with Crippen molar-refractivity contribution in [1.82, 2.24) is 4.90 Å². The lowest BCUT2D eigenvalue weighted by atomic mass is 10.0. The molecule has 0 heterocycles. The van der Waals surface area contributed by atoms with Crippen molar-refractivity contribution in [3.8, 4) is 0 Å². The summed E-state index contributed by atoms with van der Waals surface area (Å²) >= 11 is 0. The smallest absolute Gasteiger partial charge is 0.255 e. The average Bonchev–Trinajstić information content (AvgIpc) is 3.71. The Hall–Kier alpha value is -3.96. The highest BCUT2D eigenvalue weighted by Gasteiger charge is 2.44. The minimum atomic E-state index is -0.139. The molecule has 0 aromatic heterocycles. The number of benzene rings is 4. The summed E-state index contributed by atoms with van der Waals surface area (Å²) in [5, 5.41) is 8.32. The van der Waals surface area contributed by atoms with Gasteiger partial charge >= 0.3 is 0 Å². The van der Waals surface area contributed by atoms with Gasteiger partial charge in [-0.1, -0.05) is 54.6 Å². The third-order valence-corrected chi connectivity index (χ3v) is 7.00. The van der Waals surface area contributed by atoms with Crippen LogP contribution >= 0.6 is 0 Å². The second kappa shape index (κ2) is 11.0. The largest absolute Gasteiger partial charge is 0.326 e. The molecule has 0 spiro atoms. The minimum Gasteiger partial charge on any atom is -0.326 e. The van der Waals surface area contributed by atoms with Crippen LogP contribution in [-0.4, -0.2) is 37.4 Å². The van der Waals surface area contributed by atoms with Crippen LogP contribution in [0.2, 0.25) is 0 Å². The molecule has 37 heavy (non-hydrogen) atoms. The van der Waals surface area contributed by atoms with E-state index in [4.69, 9.17) is 0 Å². The van der Waals surface area contributed by atoms with Crippen molar-refractivity contribution < 1.29 is 9.59 Å². The fourth-order valence-electron chi connectivity index (χ4n) is 4.82. The fourth-order valence-corrected chi connectivity index (χ4v) is 4.82. The summed E-state index contributed by atoms with van der Waals surface area (Å²) in [5.74, 6) is -0.0553. The lowest BCUT2D eigenvalue weighted by Crippen LogP contribution is -2.15. The molecular weight excluding hydrogens is 458 g/mol. The van der Waals surface area contributed by atoms with Gasteiger partial charge < -0.3 is 15.5 Å². The van der Waals surface area contributed by atoms with Crippen molar-refractivity contribution in [3.05, 3.63) is 108 Å². The third-order valence-electron chi connectivity index (χ3n) is 7.00. The summed E-state index contributed by atoms with van der Waals surface area (Å²) < 4.78 is 0. The van der Waals surface area contributed by atoms with Crippen LogP contribution in [0.4, 0.5) is 11.4 Å². The third kappa shape index (κ3) is 6.25. The van der Waals surface area contributed by atoms with Crippen molar-refractivity contribution in [2.45, 2.75) is 25.2 Å². The fraction of sp³-hybridized carbons (Fsp3) is 0.250. The molecule has 1 fully saturated rings. The molecule has 1 aliphatic carbocycles. The quantitative estimate of drug-likeness (QED) is 0.288. The van der Waals surface area contributed by atoms with Crippen LogP contribution in [0.1, 0.15) is 40.2 Å². The van der Waals surface area contributed by atoms with E-state index in [1.54, 1.807) is 0 Å². The summed E-state index contributed by atoms with van der Waals surface area (Å²) in [7, 11) is 4.16. The number of nitrogens with one attached hydrogen (secondary N) is 2. The predicted molar refractivity (Wildman–Crippen MR) is 151 cm³/mol. The van der Waals surface area contributed by atoms with Crippen molar-refractivity contribution >= 4 is 34.0 Å². The Morgan fingerprint density at radius 2 is 1.57 bits per heavy atom. The van der Waals surface area contributed by atoms with E-state index < -0.39 is 0 Å². The molecule has 5 heteroatoms. The first-order valence-corrected chi connectivity index (χ1v) is 12.9. The van der Waals surface area contributed by atoms with Gasteiger partial charge in [0.05, 0.1) is 0 Å². The Labute approximate surface area is 218 Å². The molecule has 0 aliphatic heterocycles. The first-order valence-electron chi connectivity index (χ1n) is 12.9. The average molecular weight is 492 g/mol. The highest BCUT2D eigenvalue weighted by Crippen LogP contribution is 2.48. The van der Waals surface area contributed by atoms with Gasteiger partial charge in [-0.15, -0.1) is 0 Å². The van der Waals surface area contributed by atoms with E-state index in [-0.39, 0.29) is 23.7 Å². The van der Waals surface area contributed by atoms with E-state index >= 15 is 0 Å². The van der Waals surface area contributed by atoms with E-state index in [9.17, 15) is 9.59 Å². The Morgan fingerprint density at radius 3 is 2.35 bits per heavy atom. The summed E-state index contributed by atoms with van der Waals surface area (Å²) in [6, 6.07) is 29.8. The molecule has 0 bridgehead atoms. The summed E-state index contributed by atoms with van der Waals surface area (Å²) in [5.41, 5.74) is 4.50. The van der Waals surface area contributed by atoms with Gasteiger partial charge in [0.15, 0.2) is 0 Å². The van der Waals surface area contributed by atoms with E-state index in [0.29, 0.717) is 5.56 Å². The van der Waals surface area contributed by atoms with Gasteiger partial charge in [-0.25, -0.2) is 0 Å². The van der Waals surface area contributed by atoms with Crippen molar-refractivity contribution in [2.75, 3.05) is 31.3 Å². The zero-order chi connectivity index (χ0) is 25.8. The molecule has 2 N–H and O–H groups in total. The number of amides is 2. The highest BCUT2D eigenvalue weighted by atomic mass is 16.2. The molecule has 4 aromatic carbocycles. The number of nitrogens with zero attached hydrogens (tertiary/aromatic N) is 1. The topological polar surface area (TPSA) is 61.4 Å². The van der Waals surface area contributed by atoms with E-state index in [1.165, 1.54) is 5.56 Å². The maximum absolute atomic E-state index is 12.9. The zero-order valence-corrected chi connectivity index (χ0v) is 21.4. The summed E-state index contributed by atoms with van der Waals surface area (Å²) in [6.07, 6.45) is 2.92. The highest BCUT2D eigenvalue weighted by molar-refractivity contribution is 6.04. The predicted octanol–water partition coefficient (Wildman–Crippen LogP) is 6.33. The molecule has 5 nitrogen and oxygen atoms in total. The van der Waals surface area contributed by atoms with Crippen LogP contribution in [0, 0.1) is 5.92 Å². The molecular formula is C32H33N3O2. The van der Waals surface area contributed by atoms with Crippen LogP contribution in [0.15, 0.2) is 91.0 Å². The summed E-state index contributed by atoms with van der Waals surface area (Å²) in [4.78, 5) is 28.0. The standard InChI is InChI=1S/C32H33N3O2/c1-35(2)18-6-7-22-12-15-27(16-13-22)33-31(36)26-11-5-10-25(19-26)29-21-30(29)32(37)34-28-17-14-23-8-3-4-9-24(23)20-28/h3-5,8-17,19-20,29-30H,6-7,18,21H2,1-2H3,(H,33,36)(H,34,37)/t29-,30+/m0/s1. The normalized spacial score (nSPS) is 16.5. The van der Waals surface area contributed by atoms with E-state index in [0.717, 1.165) is 53.5 Å². The maximum atomic E-state index is 12.9. The van der Waals surface area contributed by atoms with Crippen LogP contribution in [0.5, 0.6) is 0 Å². The Kier molecular flexibility index (Phi) is 7.33. The van der Waals surface area contributed by atoms with Crippen LogP contribution < -0.4 is 10.6 Å². The summed E-state index contributed by atoms with van der Waals surface area (Å²) in [6.45, 7) is 1.06. The van der Waals surface area contributed by atoms with Crippen molar-refractivity contribution in [3.63, 3.8) is 0 Å². The first-order chi connectivity index (χ1) is 18.0. The molecule has 0 saturated heterocycles. The van der Waals surface area contributed by atoms with Gasteiger partial charge in [0.2, 0.25) is 5.91 Å². The number of anilines is 2. The Bertz CT molecular complexity index is 1410. The van der Waals surface area contributed by atoms with Gasteiger partial charge in [-0.3, -0.25) is 9.59 Å². The van der Waals surface area contributed by atoms with E-state index in [1.807, 2.05) is 72.8 Å². The molecule has 1 saturated carbocycles. The Balaban J connectivity index is 1.17. The molecule has 4 aromatic rings. The van der Waals surface area contributed by atoms with Gasteiger partial charge in [0.1, 0.15) is 0 Å². The monoisotopic (exact) mass is 491 g/mol. The molecule has 1 aliphatic rings.